The number of para-hydroxylation sites is 1. The number of benzene rings is 2. The van der Waals surface area contributed by atoms with Gasteiger partial charge < -0.3 is 21.2 Å². The monoisotopic (exact) mass is 453 g/mol. The topological polar surface area (TPSA) is 109 Å². The van der Waals surface area contributed by atoms with E-state index in [1.54, 1.807) is 11.5 Å². The van der Waals surface area contributed by atoms with Crippen LogP contribution in [0.1, 0.15) is 30.9 Å². The number of fused-ring (bicyclic) bond motifs is 1. The molecule has 5 rings (SSSR count). The minimum atomic E-state index is -0.681. The summed E-state index contributed by atoms with van der Waals surface area (Å²) in [6.45, 7) is 3.35. The van der Waals surface area contributed by atoms with Crippen molar-refractivity contribution < 1.29 is 9.13 Å². The molecule has 1 saturated carbocycles. The van der Waals surface area contributed by atoms with Gasteiger partial charge in [-0.3, -0.25) is 9.36 Å². The van der Waals surface area contributed by atoms with Crippen LogP contribution in [0.25, 0.3) is 10.9 Å². The first-order chi connectivity index (χ1) is 15.9. The molecular formula is C24H28FN5O3. The lowest BCUT2D eigenvalue weighted by Gasteiger charge is -2.25. The summed E-state index contributed by atoms with van der Waals surface area (Å²) in [4.78, 5) is 27.3. The molecule has 2 aromatic carbocycles. The van der Waals surface area contributed by atoms with Crippen molar-refractivity contribution in [3.63, 3.8) is 0 Å². The smallest absolute Gasteiger partial charge is 0.350 e. The number of hydrogen-bond acceptors (Lipinski definition) is 6. The van der Waals surface area contributed by atoms with Gasteiger partial charge in [-0.05, 0) is 50.3 Å². The second-order valence-corrected chi connectivity index (χ2v) is 9.07. The summed E-state index contributed by atoms with van der Waals surface area (Å²) in [5.74, 6) is 6.11. The van der Waals surface area contributed by atoms with Gasteiger partial charge in [-0.1, -0.05) is 18.2 Å². The molecule has 4 N–H and O–H groups in total. The fourth-order valence-corrected chi connectivity index (χ4v) is 4.90. The van der Waals surface area contributed by atoms with Gasteiger partial charge in [-0.15, -0.1) is 0 Å². The minimum absolute atomic E-state index is 0.0118. The van der Waals surface area contributed by atoms with E-state index in [0.29, 0.717) is 41.1 Å². The Hall–Kier alpha value is -3.33. The lowest BCUT2D eigenvalue weighted by Crippen LogP contribution is -2.44. The minimum Gasteiger partial charge on any atom is -0.492 e. The highest BCUT2D eigenvalue weighted by molar-refractivity contribution is 5.87. The van der Waals surface area contributed by atoms with Crippen LogP contribution >= 0.6 is 0 Å². The van der Waals surface area contributed by atoms with E-state index < -0.39 is 17.1 Å². The highest BCUT2D eigenvalue weighted by Gasteiger charge is 2.33. The highest BCUT2D eigenvalue weighted by Crippen LogP contribution is 2.39. The summed E-state index contributed by atoms with van der Waals surface area (Å²) in [5.41, 5.74) is 6.66. The predicted molar refractivity (Wildman–Crippen MR) is 126 cm³/mol. The number of hydrogen-bond donors (Lipinski definition) is 2. The van der Waals surface area contributed by atoms with E-state index in [-0.39, 0.29) is 23.4 Å². The Labute approximate surface area is 190 Å². The van der Waals surface area contributed by atoms with Crippen LogP contribution in [0.3, 0.4) is 0 Å². The van der Waals surface area contributed by atoms with Crippen molar-refractivity contribution in [1.82, 2.24) is 9.24 Å². The van der Waals surface area contributed by atoms with E-state index in [9.17, 15) is 9.59 Å². The van der Waals surface area contributed by atoms with Crippen LogP contribution < -0.4 is 32.5 Å². The SMILES string of the molecule is Cc1c(N2CCC(C(N)COc3ccccc3)C2)c(F)cc2c(=O)n(N)c(=O)n(C3CC3)c12. The maximum absolute atomic E-state index is 15.3. The molecule has 1 aliphatic heterocycles. The zero-order valence-corrected chi connectivity index (χ0v) is 18.5. The Morgan fingerprint density at radius 3 is 2.61 bits per heavy atom. The lowest BCUT2D eigenvalue weighted by atomic mass is 10.0. The van der Waals surface area contributed by atoms with E-state index in [1.165, 1.54) is 6.07 Å². The molecule has 9 heteroatoms. The fourth-order valence-electron chi connectivity index (χ4n) is 4.90. The Morgan fingerprint density at radius 1 is 1.18 bits per heavy atom. The molecule has 0 radical (unpaired) electrons. The van der Waals surface area contributed by atoms with Gasteiger partial charge in [0.25, 0.3) is 5.56 Å². The molecule has 174 valence electrons. The van der Waals surface area contributed by atoms with E-state index in [0.717, 1.165) is 25.0 Å². The maximum Gasteiger partial charge on any atom is 0.350 e. The summed E-state index contributed by atoms with van der Waals surface area (Å²) in [5, 5.41) is 0.131. The van der Waals surface area contributed by atoms with Crippen molar-refractivity contribution in [2.24, 2.45) is 11.7 Å². The van der Waals surface area contributed by atoms with Crippen molar-refractivity contribution in [2.75, 3.05) is 30.4 Å². The van der Waals surface area contributed by atoms with Crippen LogP contribution in [-0.4, -0.2) is 35.0 Å². The maximum atomic E-state index is 15.3. The first kappa shape index (κ1) is 21.5. The summed E-state index contributed by atoms with van der Waals surface area (Å²) in [7, 11) is 0. The molecule has 2 unspecified atom stereocenters. The van der Waals surface area contributed by atoms with Gasteiger partial charge >= 0.3 is 5.69 Å². The Bertz CT molecular complexity index is 1320. The number of nitrogens with two attached hydrogens (primary N) is 2. The summed E-state index contributed by atoms with van der Waals surface area (Å²) in [6.07, 6.45) is 2.47. The number of aryl methyl sites for hydroxylation is 1. The van der Waals surface area contributed by atoms with Crippen molar-refractivity contribution in [1.29, 1.82) is 0 Å². The van der Waals surface area contributed by atoms with Gasteiger partial charge in [0.1, 0.15) is 18.2 Å². The van der Waals surface area contributed by atoms with Gasteiger partial charge in [0.05, 0.1) is 16.6 Å². The zero-order valence-electron chi connectivity index (χ0n) is 18.5. The van der Waals surface area contributed by atoms with E-state index in [2.05, 4.69) is 0 Å². The molecule has 2 fully saturated rings. The van der Waals surface area contributed by atoms with E-state index >= 15 is 4.39 Å². The third-order valence-corrected chi connectivity index (χ3v) is 6.81. The summed E-state index contributed by atoms with van der Waals surface area (Å²) >= 11 is 0. The van der Waals surface area contributed by atoms with Crippen LogP contribution in [0.15, 0.2) is 46.0 Å². The third-order valence-electron chi connectivity index (χ3n) is 6.81. The number of nitrogen functional groups attached to an aromatic ring is 1. The van der Waals surface area contributed by atoms with Gasteiger partial charge in [-0.2, -0.15) is 4.68 Å². The lowest BCUT2D eigenvalue weighted by molar-refractivity contribution is 0.253. The molecule has 0 amide bonds. The number of ether oxygens (including phenoxy) is 1. The first-order valence-electron chi connectivity index (χ1n) is 11.3. The fraction of sp³-hybridized carbons (Fsp3) is 0.417. The Morgan fingerprint density at radius 2 is 1.91 bits per heavy atom. The number of rotatable bonds is 6. The van der Waals surface area contributed by atoms with Crippen LogP contribution in [0.2, 0.25) is 0 Å². The Balaban J connectivity index is 1.44. The molecule has 8 nitrogen and oxygen atoms in total. The van der Waals surface area contributed by atoms with Crippen molar-refractivity contribution >= 4 is 16.6 Å². The second-order valence-electron chi connectivity index (χ2n) is 9.07. The van der Waals surface area contributed by atoms with Crippen LogP contribution in [0.5, 0.6) is 5.75 Å². The molecule has 2 aliphatic rings. The predicted octanol–water partition coefficient (Wildman–Crippen LogP) is 1.89. The molecule has 33 heavy (non-hydrogen) atoms. The number of aromatic nitrogens is 2. The van der Waals surface area contributed by atoms with Gasteiger partial charge in [0.2, 0.25) is 0 Å². The summed E-state index contributed by atoms with van der Waals surface area (Å²) < 4.78 is 23.3. The van der Waals surface area contributed by atoms with Gasteiger partial charge in [-0.25, -0.2) is 9.18 Å². The quantitative estimate of drug-likeness (QED) is 0.552. The van der Waals surface area contributed by atoms with Crippen LogP contribution in [0, 0.1) is 18.7 Å². The molecule has 2 atom stereocenters. The van der Waals surface area contributed by atoms with Crippen molar-refractivity contribution in [3.05, 3.63) is 68.6 Å². The summed E-state index contributed by atoms with van der Waals surface area (Å²) in [6, 6.07) is 10.5. The molecule has 1 saturated heterocycles. The molecule has 2 heterocycles. The average Bonchev–Trinajstić information content (AvgIpc) is 3.53. The van der Waals surface area contributed by atoms with Gasteiger partial charge in [0, 0.05) is 30.7 Å². The number of halogens is 1. The molecule has 1 aliphatic carbocycles. The number of anilines is 1. The van der Waals surface area contributed by atoms with Crippen LogP contribution in [0.4, 0.5) is 10.1 Å². The number of nitrogens with zero attached hydrogens (tertiary/aromatic N) is 3. The largest absolute Gasteiger partial charge is 0.492 e. The van der Waals surface area contributed by atoms with Crippen molar-refractivity contribution in [2.45, 2.75) is 38.3 Å². The van der Waals surface area contributed by atoms with Crippen molar-refractivity contribution in [3.8, 4) is 5.75 Å². The zero-order chi connectivity index (χ0) is 23.3. The molecule has 1 aromatic heterocycles. The second kappa shape index (κ2) is 8.22. The molecule has 0 bridgehead atoms. The first-order valence-corrected chi connectivity index (χ1v) is 11.3. The highest BCUT2D eigenvalue weighted by atomic mass is 19.1. The van der Waals surface area contributed by atoms with Crippen LogP contribution in [-0.2, 0) is 0 Å². The third kappa shape index (κ3) is 3.76. The Kier molecular flexibility index (Phi) is 5.36. The average molecular weight is 454 g/mol. The van der Waals surface area contributed by atoms with E-state index in [4.69, 9.17) is 16.3 Å². The van der Waals surface area contributed by atoms with E-state index in [1.807, 2.05) is 35.2 Å². The molecule has 0 spiro atoms. The van der Waals surface area contributed by atoms with Gasteiger partial charge in [0.15, 0.2) is 0 Å². The normalized spacial score (nSPS) is 19.2. The molecular weight excluding hydrogens is 425 g/mol. The molecule has 3 aromatic rings. The standard InChI is InChI=1S/C24H28FN5O3/c1-14-21-18(23(31)30(27)24(32)29(21)16-7-8-16)11-19(25)22(14)28-10-9-15(12-28)20(26)13-33-17-5-3-2-4-6-17/h2-6,11,15-16,20H,7-10,12-13,26-27H2,1H3.